The van der Waals surface area contributed by atoms with Crippen molar-refractivity contribution in [2.75, 3.05) is 12.8 Å². The second-order valence-corrected chi connectivity index (χ2v) is 8.26. The smallest absolute Gasteiger partial charge is 0.187 e. The molecule has 0 atom stereocenters. The molecule has 1 aromatic carbocycles. The number of hydrogen-bond donors (Lipinski definition) is 0. The Kier molecular flexibility index (Phi) is 5.14. The standard InChI is InChI=1S/C23H23N5OS/c1-16-8-9-21(29-16)22-18(15-28(26-22)19-6-4-3-5-7-19)14-27-11-10-20-17(13-27)12-24-23(25-20)30-2/h3-9,12,15H,10-11,13-14H2,1-2H3. The third-order valence-corrected chi connectivity index (χ3v) is 5.91. The van der Waals surface area contributed by atoms with Gasteiger partial charge in [0.05, 0.1) is 11.4 Å². The molecule has 0 bridgehead atoms. The van der Waals surface area contributed by atoms with Crippen LogP contribution in [0.4, 0.5) is 0 Å². The van der Waals surface area contributed by atoms with Gasteiger partial charge in [0, 0.05) is 49.6 Å². The zero-order chi connectivity index (χ0) is 20.5. The van der Waals surface area contributed by atoms with E-state index in [-0.39, 0.29) is 0 Å². The lowest BCUT2D eigenvalue weighted by atomic mass is 10.1. The molecule has 0 saturated heterocycles. The summed E-state index contributed by atoms with van der Waals surface area (Å²) in [4.78, 5) is 11.6. The molecule has 4 aromatic rings. The van der Waals surface area contributed by atoms with Crippen LogP contribution >= 0.6 is 11.8 Å². The third kappa shape index (κ3) is 3.78. The SMILES string of the molecule is CSc1ncc2c(n1)CCN(Cc1cn(-c3ccccc3)nc1-c1ccc(C)o1)C2. The first-order valence-corrected chi connectivity index (χ1v) is 11.2. The number of thioether (sulfide) groups is 1. The zero-order valence-corrected chi connectivity index (χ0v) is 17.9. The van der Waals surface area contributed by atoms with Crippen molar-refractivity contribution < 1.29 is 4.42 Å². The van der Waals surface area contributed by atoms with E-state index in [0.29, 0.717) is 0 Å². The van der Waals surface area contributed by atoms with Gasteiger partial charge in [0.25, 0.3) is 0 Å². The molecule has 0 fully saturated rings. The normalized spacial score (nSPS) is 14.1. The number of hydrogen-bond acceptors (Lipinski definition) is 6. The van der Waals surface area contributed by atoms with E-state index in [2.05, 4.69) is 33.2 Å². The Labute approximate surface area is 180 Å². The van der Waals surface area contributed by atoms with Gasteiger partial charge in [-0.25, -0.2) is 14.6 Å². The summed E-state index contributed by atoms with van der Waals surface area (Å²) < 4.78 is 7.85. The molecule has 3 aromatic heterocycles. The van der Waals surface area contributed by atoms with Crippen molar-refractivity contribution in [3.63, 3.8) is 0 Å². The predicted octanol–water partition coefficient (Wildman–Crippen LogP) is 4.51. The molecule has 7 heteroatoms. The van der Waals surface area contributed by atoms with Gasteiger partial charge in [-0.2, -0.15) is 5.10 Å². The Bertz CT molecular complexity index is 1170. The molecule has 0 N–H and O–H groups in total. The molecule has 0 radical (unpaired) electrons. The minimum absolute atomic E-state index is 0.797. The highest BCUT2D eigenvalue weighted by molar-refractivity contribution is 7.98. The molecule has 1 aliphatic heterocycles. The minimum atomic E-state index is 0.797. The number of nitrogens with zero attached hydrogens (tertiary/aromatic N) is 5. The molecule has 0 saturated carbocycles. The van der Waals surface area contributed by atoms with E-state index in [4.69, 9.17) is 9.52 Å². The van der Waals surface area contributed by atoms with Crippen molar-refractivity contribution in [2.45, 2.75) is 31.6 Å². The van der Waals surface area contributed by atoms with Crippen LogP contribution in [-0.2, 0) is 19.5 Å². The van der Waals surface area contributed by atoms with Gasteiger partial charge in [0.1, 0.15) is 11.5 Å². The highest BCUT2D eigenvalue weighted by Crippen LogP contribution is 2.28. The molecule has 6 nitrogen and oxygen atoms in total. The van der Waals surface area contributed by atoms with Crippen molar-refractivity contribution in [2.24, 2.45) is 0 Å². The highest BCUT2D eigenvalue weighted by Gasteiger charge is 2.22. The third-order valence-electron chi connectivity index (χ3n) is 5.35. The highest BCUT2D eigenvalue weighted by atomic mass is 32.2. The molecule has 30 heavy (non-hydrogen) atoms. The fourth-order valence-corrected chi connectivity index (χ4v) is 4.20. The first-order chi connectivity index (χ1) is 14.7. The van der Waals surface area contributed by atoms with E-state index >= 15 is 0 Å². The molecular weight excluding hydrogens is 394 g/mol. The van der Waals surface area contributed by atoms with Crippen LogP contribution in [0, 0.1) is 6.92 Å². The first-order valence-electron chi connectivity index (χ1n) is 10.0. The van der Waals surface area contributed by atoms with Crippen LogP contribution in [0.25, 0.3) is 17.1 Å². The van der Waals surface area contributed by atoms with Gasteiger partial charge in [0.15, 0.2) is 10.9 Å². The average molecular weight is 418 g/mol. The predicted molar refractivity (Wildman–Crippen MR) is 118 cm³/mol. The van der Waals surface area contributed by atoms with Gasteiger partial charge in [-0.3, -0.25) is 4.90 Å². The maximum absolute atomic E-state index is 5.91. The van der Waals surface area contributed by atoms with Crippen LogP contribution in [-0.4, -0.2) is 37.4 Å². The van der Waals surface area contributed by atoms with Crippen molar-refractivity contribution in [1.82, 2.24) is 24.6 Å². The van der Waals surface area contributed by atoms with Crippen molar-refractivity contribution in [1.29, 1.82) is 0 Å². The quantitative estimate of drug-likeness (QED) is 0.352. The summed E-state index contributed by atoms with van der Waals surface area (Å²) in [7, 11) is 0. The van der Waals surface area contributed by atoms with Gasteiger partial charge in [-0.15, -0.1) is 0 Å². The number of benzene rings is 1. The van der Waals surface area contributed by atoms with Gasteiger partial charge < -0.3 is 4.42 Å². The molecule has 4 heterocycles. The molecule has 5 rings (SSSR count). The molecule has 0 unspecified atom stereocenters. The topological polar surface area (TPSA) is 60.0 Å². The van der Waals surface area contributed by atoms with Crippen LogP contribution in [0.15, 0.2) is 64.4 Å². The van der Waals surface area contributed by atoms with Gasteiger partial charge >= 0.3 is 0 Å². The van der Waals surface area contributed by atoms with Crippen LogP contribution in [0.1, 0.15) is 22.6 Å². The Morgan fingerprint density at radius 2 is 2.00 bits per heavy atom. The Morgan fingerprint density at radius 3 is 2.77 bits per heavy atom. The largest absolute Gasteiger partial charge is 0.460 e. The van der Waals surface area contributed by atoms with Crippen LogP contribution in [0.2, 0.25) is 0 Å². The summed E-state index contributed by atoms with van der Waals surface area (Å²) in [6, 6.07) is 14.2. The number of aromatic nitrogens is 4. The Morgan fingerprint density at radius 1 is 1.13 bits per heavy atom. The van der Waals surface area contributed by atoms with E-state index in [9.17, 15) is 0 Å². The molecular formula is C23H23N5OS. The zero-order valence-electron chi connectivity index (χ0n) is 17.1. The molecule has 152 valence electrons. The summed E-state index contributed by atoms with van der Waals surface area (Å²) in [6.45, 7) is 4.56. The number of aryl methyl sites for hydroxylation is 1. The molecule has 0 spiro atoms. The number of para-hydroxylation sites is 1. The number of furan rings is 1. The minimum Gasteiger partial charge on any atom is -0.460 e. The van der Waals surface area contributed by atoms with Gasteiger partial charge in [-0.1, -0.05) is 30.0 Å². The van der Waals surface area contributed by atoms with Gasteiger partial charge in [-0.05, 0) is 37.4 Å². The molecule has 0 amide bonds. The Hall–Kier alpha value is -2.90. The summed E-state index contributed by atoms with van der Waals surface area (Å²) >= 11 is 1.59. The van der Waals surface area contributed by atoms with E-state index in [0.717, 1.165) is 59.7 Å². The monoisotopic (exact) mass is 417 g/mol. The van der Waals surface area contributed by atoms with Gasteiger partial charge in [0.2, 0.25) is 0 Å². The second-order valence-electron chi connectivity index (χ2n) is 7.48. The number of rotatable bonds is 5. The Balaban J connectivity index is 1.45. The fraction of sp³-hybridized carbons (Fsp3) is 0.261. The first kappa shape index (κ1) is 19.1. The maximum Gasteiger partial charge on any atom is 0.187 e. The van der Waals surface area contributed by atoms with E-state index in [1.165, 1.54) is 11.3 Å². The summed E-state index contributed by atoms with van der Waals surface area (Å²) in [5.41, 5.74) is 5.47. The van der Waals surface area contributed by atoms with E-state index in [1.54, 1.807) is 11.8 Å². The summed E-state index contributed by atoms with van der Waals surface area (Å²) in [5, 5.41) is 5.71. The fourth-order valence-electron chi connectivity index (χ4n) is 3.84. The van der Waals surface area contributed by atoms with Crippen LogP contribution in [0.5, 0.6) is 0 Å². The lowest BCUT2D eigenvalue weighted by Crippen LogP contribution is -2.31. The lowest BCUT2D eigenvalue weighted by molar-refractivity contribution is 0.242. The second kappa shape index (κ2) is 8.08. The summed E-state index contributed by atoms with van der Waals surface area (Å²) in [5.74, 6) is 1.70. The lowest BCUT2D eigenvalue weighted by Gasteiger charge is -2.27. The summed E-state index contributed by atoms with van der Waals surface area (Å²) in [6.07, 6.45) is 7.04. The van der Waals surface area contributed by atoms with Crippen LogP contribution < -0.4 is 0 Å². The maximum atomic E-state index is 5.91. The van der Waals surface area contributed by atoms with Crippen molar-refractivity contribution in [3.05, 3.63) is 77.4 Å². The average Bonchev–Trinajstić information content (AvgIpc) is 3.40. The van der Waals surface area contributed by atoms with Crippen LogP contribution in [0.3, 0.4) is 0 Å². The van der Waals surface area contributed by atoms with E-state index in [1.807, 2.05) is 54.4 Å². The van der Waals surface area contributed by atoms with Crippen molar-refractivity contribution in [3.8, 4) is 17.1 Å². The molecule has 1 aliphatic rings. The number of fused-ring (bicyclic) bond motifs is 1. The van der Waals surface area contributed by atoms with E-state index < -0.39 is 0 Å². The van der Waals surface area contributed by atoms with Crippen molar-refractivity contribution >= 4 is 11.8 Å². The molecule has 0 aliphatic carbocycles.